The number of halogens is 3. The summed E-state index contributed by atoms with van der Waals surface area (Å²) in [6.07, 6.45) is -7.68. The number of hydrogen-bond donors (Lipinski definition) is 1. The van der Waals surface area contributed by atoms with Crippen LogP contribution in [-0.2, 0) is 9.47 Å². The van der Waals surface area contributed by atoms with Gasteiger partial charge in [0, 0.05) is 37.3 Å². The number of amides is 2. The van der Waals surface area contributed by atoms with Gasteiger partial charge in [0.1, 0.15) is 11.4 Å². The molecule has 0 saturated carbocycles. The van der Waals surface area contributed by atoms with E-state index in [1.165, 1.54) is 16.9 Å². The van der Waals surface area contributed by atoms with E-state index in [0.717, 1.165) is 5.39 Å². The lowest BCUT2D eigenvalue weighted by atomic mass is 10.1. The maximum atomic E-state index is 13.9. The zero-order valence-corrected chi connectivity index (χ0v) is 21.2. The summed E-state index contributed by atoms with van der Waals surface area (Å²) >= 11 is 0. The van der Waals surface area contributed by atoms with Gasteiger partial charge in [-0.1, -0.05) is 12.1 Å². The van der Waals surface area contributed by atoms with Crippen molar-refractivity contribution in [2.45, 2.75) is 51.6 Å². The van der Waals surface area contributed by atoms with Crippen LogP contribution >= 0.6 is 0 Å². The van der Waals surface area contributed by atoms with Gasteiger partial charge in [-0.3, -0.25) is 5.32 Å². The van der Waals surface area contributed by atoms with E-state index in [9.17, 15) is 22.8 Å². The van der Waals surface area contributed by atoms with Gasteiger partial charge in [0.15, 0.2) is 5.82 Å². The van der Waals surface area contributed by atoms with E-state index < -0.39 is 30.1 Å². The van der Waals surface area contributed by atoms with Gasteiger partial charge in [0.05, 0.1) is 16.8 Å². The maximum Gasteiger partial charge on any atom is 0.430 e. The van der Waals surface area contributed by atoms with Crippen LogP contribution in [0.5, 0.6) is 0 Å². The molecule has 1 aromatic carbocycles. The number of hydrogen-bond acceptors (Lipinski definition) is 7. The Hall–Kier alpha value is -4.03. The third-order valence-corrected chi connectivity index (χ3v) is 6.32. The number of cyclic esters (lactones) is 1. The average molecular weight is 533 g/mol. The Bertz CT molecular complexity index is 1400. The molecule has 2 aliphatic rings. The van der Waals surface area contributed by atoms with Crippen molar-refractivity contribution >= 4 is 34.7 Å². The van der Waals surface area contributed by atoms with Crippen LogP contribution in [0.2, 0.25) is 0 Å². The summed E-state index contributed by atoms with van der Waals surface area (Å²) in [5, 5.41) is 7.71. The zero-order valence-electron chi connectivity index (χ0n) is 21.2. The van der Waals surface area contributed by atoms with E-state index >= 15 is 0 Å². The molecule has 0 bridgehead atoms. The summed E-state index contributed by atoms with van der Waals surface area (Å²) in [6, 6.07) is 8.39. The van der Waals surface area contributed by atoms with Crippen LogP contribution in [0.1, 0.15) is 39.4 Å². The highest BCUT2D eigenvalue weighted by molar-refractivity contribution is 5.93. The van der Waals surface area contributed by atoms with Gasteiger partial charge in [-0.2, -0.15) is 13.2 Å². The normalized spacial score (nSPS) is 20.1. The fourth-order valence-corrected chi connectivity index (χ4v) is 4.74. The monoisotopic (exact) mass is 532 g/mol. The lowest BCUT2D eigenvalue weighted by molar-refractivity contribution is -0.206. The molecule has 0 unspecified atom stereocenters. The van der Waals surface area contributed by atoms with Crippen LogP contribution in [0.15, 0.2) is 36.5 Å². The van der Waals surface area contributed by atoms with Crippen molar-refractivity contribution in [3.05, 3.63) is 42.1 Å². The molecule has 1 N–H and O–H groups in total. The molecular formula is C25H27F3N6O4. The van der Waals surface area contributed by atoms with Crippen LogP contribution in [0.4, 0.5) is 34.4 Å². The van der Waals surface area contributed by atoms with Crippen molar-refractivity contribution in [2.75, 3.05) is 29.9 Å². The summed E-state index contributed by atoms with van der Waals surface area (Å²) in [5.74, 6) is 0.327. The van der Waals surface area contributed by atoms with Gasteiger partial charge in [0.25, 0.3) is 0 Å². The van der Waals surface area contributed by atoms with Crippen LogP contribution < -0.4 is 10.2 Å². The van der Waals surface area contributed by atoms with Crippen LogP contribution in [0.25, 0.3) is 16.6 Å². The molecule has 2 atom stereocenters. The number of anilines is 2. The summed E-state index contributed by atoms with van der Waals surface area (Å²) in [7, 11) is 0. The fraction of sp³-hybridized carbons (Fsp3) is 0.440. The van der Waals surface area contributed by atoms with Gasteiger partial charge < -0.3 is 19.3 Å². The number of carbonyl (C=O) groups excluding carboxylic acids is 2. The molecular weight excluding hydrogens is 505 g/mol. The molecule has 2 aromatic heterocycles. The van der Waals surface area contributed by atoms with Crippen molar-refractivity contribution in [1.29, 1.82) is 0 Å². The molecule has 0 spiro atoms. The van der Waals surface area contributed by atoms with Gasteiger partial charge in [-0.25, -0.2) is 19.3 Å². The molecule has 38 heavy (non-hydrogen) atoms. The number of rotatable bonds is 2. The smallest absolute Gasteiger partial charge is 0.430 e. The van der Waals surface area contributed by atoms with Crippen LogP contribution in [0, 0.1) is 0 Å². The third kappa shape index (κ3) is 4.68. The summed E-state index contributed by atoms with van der Waals surface area (Å²) in [5.41, 5.74) is -0.303. The Kier molecular flexibility index (Phi) is 6.11. The molecule has 13 heteroatoms. The van der Waals surface area contributed by atoms with Crippen molar-refractivity contribution in [3.8, 4) is 5.69 Å². The molecule has 2 amide bonds. The predicted octanol–water partition coefficient (Wildman–Crippen LogP) is 5.03. The second kappa shape index (κ2) is 9.07. The second-order valence-electron chi connectivity index (χ2n) is 10.3. The largest absolute Gasteiger partial charge is 0.444 e. The first-order valence-corrected chi connectivity index (χ1v) is 12.1. The Labute approximate surface area is 216 Å². The number of para-hydroxylation sites is 1. The first-order chi connectivity index (χ1) is 17.8. The number of benzene rings is 1. The highest BCUT2D eigenvalue weighted by atomic mass is 19.4. The van der Waals surface area contributed by atoms with E-state index in [-0.39, 0.29) is 23.1 Å². The Morgan fingerprint density at radius 1 is 1.16 bits per heavy atom. The third-order valence-electron chi connectivity index (χ3n) is 6.32. The number of pyridine rings is 1. The summed E-state index contributed by atoms with van der Waals surface area (Å²) in [6.45, 7) is 8.61. The second-order valence-corrected chi connectivity index (χ2v) is 10.3. The number of fused-ring (bicyclic) bond motifs is 2. The summed E-state index contributed by atoms with van der Waals surface area (Å²) in [4.78, 5) is 32.1. The molecule has 4 heterocycles. The first kappa shape index (κ1) is 25.6. The van der Waals surface area contributed by atoms with E-state index in [1.807, 2.05) is 44.7 Å². The van der Waals surface area contributed by atoms with E-state index in [2.05, 4.69) is 15.0 Å². The van der Waals surface area contributed by atoms with Crippen LogP contribution in [-0.4, -0.2) is 69.3 Å². The topological polar surface area (TPSA) is 102 Å². The highest BCUT2D eigenvalue weighted by Crippen LogP contribution is 2.44. The minimum absolute atomic E-state index is 0.0835. The van der Waals surface area contributed by atoms with Gasteiger partial charge in [-0.05, 0) is 45.9 Å². The standard InChI is InChI=1S/C25H27F3N6O4/c1-14-13-32(11-12-33(14)23(36)38-24(2,3)4)21-15-7-5-6-8-16(15)34(31-21)17-9-10-29-20-18(17)19(25(26,27)28)37-22(35)30-20/h5-10,14,19H,11-13H2,1-4H3,(H,29,30,35)/t14-,19+/m0/s1. The number of nitrogens with one attached hydrogen (secondary N) is 1. The molecule has 1 saturated heterocycles. The molecule has 3 aromatic rings. The number of nitrogens with zero attached hydrogens (tertiary/aromatic N) is 5. The minimum atomic E-state index is -4.86. The van der Waals surface area contributed by atoms with Crippen molar-refractivity contribution in [1.82, 2.24) is 19.7 Å². The quantitative estimate of drug-likeness (QED) is 0.494. The van der Waals surface area contributed by atoms with E-state index in [1.54, 1.807) is 17.0 Å². The number of carbonyl (C=O) groups is 2. The lowest BCUT2D eigenvalue weighted by Crippen LogP contribution is -2.55. The lowest BCUT2D eigenvalue weighted by Gasteiger charge is -2.40. The Morgan fingerprint density at radius 3 is 2.58 bits per heavy atom. The Morgan fingerprint density at radius 2 is 1.89 bits per heavy atom. The molecule has 202 valence electrons. The first-order valence-electron chi connectivity index (χ1n) is 12.1. The number of aromatic nitrogens is 3. The van der Waals surface area contributed by atoms with E-state index in [0.29, 0.717) is 31.0 Å². The molecule has 10 nitrogen and oxygen atoms in total. The fourth-order valence-electron chi connectivity index (χ4n) is 4.74. The van der Waals surface area contributed by atoms with Crippen molar-refractivity contribution in [3.63, 3.8) is 0 Å². The average Bonchev–Trinajstić information content (AvgIpc) is 3.21. The molecule has 2 aliphatic heterocycles. The molecule has 0 aliphatic carbocycles. The minimum Gasteiger partial charge on any atom is -0.444 e. The molecule has 5 rings (SSSR count). The number of ether oxygens (including phenoxy) is 2. The number of piperazine rings is 1. The predicted molar refractivity (Wildman–Crippen MR) is 132 cm³/mol. The van der Waals surface area contributed by atoms with Gasteiger partial charge >= 0.3 is 18.4 Å². The summed E-state index contributed by atoms with van der Waals surface area (Å²) < 4.78 is 53.4. The molecule has 1 fully saturated rings. The van der Waals surface area contributed by atoms with Gasteiger partial charge in [-0.15, -0.1) is 5.10 Å². The zero-order chi connectivity index (χ0) is 27.4. The van der Waals surface area contributed by atoms with Crippen molar-refractivity contribution in [2.24, 2.45) is 0 Å². The SMILES string of the molecule is C[C@H]1CN(c2nn(-c3ccnc4c3[C@H](C(F)(F)F)OC(=O)N4)c3ccccc23)CCN1C(=O)OC(C)(C)C. The van der Waals surface area contributed by atoms with Crippen LogP contribution in [0.3, 0.4) is 0 Å². The van der Waals surface area contributed by atoms with E-state index in [4.69, 9.17) is 9.84 Å². The van der Waals surface area contributed by atoms with Crippen molar-refractivity contribution < 1.29 is 32.2 Å². The van der Waals surface area contributed by atoms with Gasteiger partial charge in [0.2, 0.25) is 6.10 Å². The maximum absolute atomic E-state index is 13.9. The molecule has 0 radical (unpaired) electrons. The number of alkyl halides is 3. The highest BCUT2D eigenvalue weighted by Gasteiger charge is 2.49. The Balaban J connectivity index is 1.54.